The Kier molecular flexibility index (Phi) is 4.37. The third-order valence-electron chi connectivity index (χ3n) is 3.34. The highest BCUT2D eigenvalue weighted by Crippen LogP contribution is 2.26. The van der Waals surface area contributed by atoms with E-state index >= 15 is 0 Å². The van der Waals surface area contributed by atoms with Gasteiger partial charge in [-0.05, 0) is 36.4 Å². The fourth-order valence-corrected chi connectivity index (χ4v) is 2.53. The van der Waals surface area contributed by atoms with Gasteiger partial charge in [0.2, 0.25) is 0 Å². The van der Waals surface area contributed by atoms with E-state index in [4.69, 9.17) is 28.3 Å². The molecule has 3 rings (SSSR count). The van der Waals surface area contributed by atoms with Gasteiger partial charge in [-0.2, -0.15) is 5.10 Å². The molecule has 0 saturated heterocycles. The first-order valence-electron chi connectivity index (χ1n) is 6.85. The summed E-state index contributed by atoms with van der Waals surface area (Å²) in [5.74, 6) is -0.907. The molecule has 6 heteroatoms. The number of carbonyl (C=O) groups is 1. The average Bonchev–Trinajstić information content (AvgIpc) is 2.92. The second-order valence-corrected chi connectivity index (χ2v) is 5.87. The van der Waals surface area contributed by atoms with Gasteiger partial charge in [-0.25, -0.2) is 4.68 Å². The lowest BCUT2D eigenvalue weighted by atomic mass is 10.1. The van der Waals surface area contributed by atoms with Crippen molar-refractivity contribution >= 4 is 29.2 Å². The molecule has 1 N–H and O–H groups in total. The monoisotopic (exact) mass is 346 g/mol. The summed E-state index contributed by atoms with van der Waals surface area (Å²) in [5.41, 5.74) is 2.88. The summed E-state index contributed by atoms with van der Waals surface area (Å²) in [7, 11) is 0. The topological polar surface area (TPSA) is 55.1 Å². The van der Waals surface area contributed by atoms with E-state index in [2.05, 4.69) is 5.10 Å². The first-order chi connectivity index (χ1) is 11.0. The fourth-order valence-electron chi connectivity index (χ4n) is 2.28. The maximum absolute atomic E-state index is 11.1. The first kappa shape index (κ1) is 15.6. The molecule has 0 spiro atoms. The van der Waals surface area contributed by atoms with Gasteiger partial charge in [0, 0.05) is 27.4 Å². The Morgan fingerprint density at radius 3 is 2.13 bits per heavy atom. The van der Waals surface area contributed by atoms with Gasteiger partial charge < -0.3 is 5.11 Å². The molecular formula is C17H12Cl2N2O2. The number of aliphatic carboxylic acids is 1. The quantitative estimate of drug-likeness (QED) is 0.757. The first-order valence-corrected chi connectivity index (χ1v) is 7.61. The van der Waals surface area contributed by atoms with Crippen LogP contribution >= 0.6 is 23.2 Å². The minimum atomic E-state index is -0.907. The third kappa shape index (κ3) is 3.55. The maximum Gasteiger partial charge on any atom is 0.307 e. The van der Waals surface area contributed by atoms with Crippen LogP contribution in [0.5, 0.6) is 0 Å². The third-order valence-corrected chi connectivity index (χ3v) is 3.84. The Morgan fingerprint density at radius 1 is 1.00 bits per heavy atom. The molecule has 2 aromatic carbocycles. The predicted molar refractivity (Wildman–Crippen MR) is 90.4 cm³/mol. The van der Waals surface area contributed by atoms with Gasteiger partial charge in [0.25, 0.3) is 0 Å². The summed E-state index contributed by atoms with van der Waals surface area (Å²) >= 11 is 11.8. The molecule has 1 aromatic heterocycles. The van der Waals surface area contributed by atoms with Crippen LogP contribution in [-0.4, -0.2) is 20.9 Å². The van der Waals surface area contributed by atoms with E-state index in [0.29, 0.717) is 21.3 Å². The number of benzene rings is 2. The second kappa shape index (κ2) is 6.44. The molecule has 0 aliphatic carbocycles. The van der Waals surface area contributed by atoms with Gasteiger partial charge in [0.15, 0.2) is 0 Å². The van der Waals surface area contributed by atoms with Crippen LogP contribution in [0.25, 0.3) is 16.9 Å². The Bertz CT molecular complexity index is 840. The normalized spacial score (nSPS) is 10.7. The summed E-state index contributed by atoms with van der Waals surface area (Å²) in [5, 5.41) is 14.9. The van der Waals surface area contributed by atoms with Gasteiger partial charge in [-0.3, -0.25) is 4.79 Å². The predicted octanol–water partition coefficient (Wildman–Crippen LogP) is 4.47. The number of aromatic nitrogens is 2. The van der Waals surface area contributed by atoms with Crippen LogP contribution in [0.3, 0.4) is 0 Å². The summed E-state index contributed by atoms with van der Waals surface area (Å²) in [6.45, 7) is 0. The SMILES string of the molecule is O=C(O)Cc1cn(-c2ccc(Cl)cc2)nc1-c1ccc(Cl)cc1. The fraction of sp³-hybridized carbons (Fsp3) is 0.0588. The summed E-state index contributed by atoms with van der Waals surface area (Å²) < 4.78 is 1.65. The Morgan fingerprint density at radius 2 is 1.57 bits per heavy atom. The molecule has 0 saturated carbocycles. The van der Waals surface area contributed by atoms with E-state index in [1.165, 1.54) is 0 Å². The minimum Gasteiger partial charge on any atom is -0.481 e. The molecule has 0 radical (unpaired) electrons. The van der Waals surface area contributed by atoms with Gasteiger partial charge in [0.05, 0.1) is 17.8 Å². The smallest absolute Gasteiger partial charge is 0.307 e. The van der Waals surface area contributed by atoms with Crippen LogP contribution in [-0.2, 0) is 11.2 Å². The molecule has 23 heavy (non-hydrogen) atoms. The molecule has 0 aliphatic heterocycles. The van der Waals surface area contributed by atoms with E-state index < -0.39 is 5.97 Å². The highest BCUT2D eigenvalue weighted by Gasteiger charge is 2.15. The van der Waals surface area contributed by atoms with Crippen molar-refractivity contribution in [3.63, 3.8) is 0 Å². The molecule has 1 heterocycles. The Balaban J connectivity index is 2.08. The van der Waals surface area contributed by atoms with Crippen molar-refractivity contribution in [3.05, 3.63) is 70.3 Å². The van der Waals surface area contributed by atoms with Crippen molar-refractivity contribution < 1.29 is 9.90 Å². The maximum atomic E-state index is 11.1. The van der Waals surface area contributed by atoms with E-state index in [1.807, 2.05) is 24.3 Å². The van der Waals surface area contributed by atoms with Gasteiger partial charge in [0.1, 0.15) is 0 Å². The van der Waals surface area contributed by atoms with E-state index in [-0.39, 0.29) is 6.42 Å². The van der Waals surface area contributed by atoms with Crippen molar-refractivity contribution in [1.82, 2.24) is 9.78 Å². The summed E-state index contributed by atoms with van der Waals surface area (Å²) in [6, 6.07) is 14.3. The molecular weight excluding hydrogens is 335 g/mol. The largest absolute Gasteiger partial charge is 0.481 e. The molecule has 116 valence electrons. The van der Waals surface area contributed by atoms with Gasteiger partial charge >= 0.3 is 5.97 Å². The lowest BCUT2D eigenvalue weighted by Gasteiger charge is -2.01. The zero-order valence-corrected chi connectivity index (χ0v) is 13.4. The number of carboxylic acids is 1. The van der Waals surface area contributed by atoms with E-state index in [1.54, 1.807) is 35.1 Å². The zero-order valence-electron chi connectivity index (χ0n) is 11.9. The number of halogens is 2. The van der Waals surface area contributed by atoms with Crippen LogP contribution in [0.15, 0.2) is 54.7 Å². The van der Waals surface area contributed by atoms with Crippen molar-refractivity contribution in [2.75, 3.05) is 0 Å². The molecule has 0 unspecified atom stereocenters. The number of hydrogen-bond acceptors (Lipinski definition) is 2. The van der Waals surface area contributed by atoms with Crippen LogP contribution in [0.1, 0.15) is 5.56 Å². The van der Waals surface area contributed by atoms with Gasteiger partial charge in [-0.1, -0.05) is 35.3 Å². The lowest BCUT2D eigenvalue weighted by Crippen LogP contribution is -2.00. The molecule has 0 amide bonds. The van der Waals surface area contributed by atoms with E-state index in [9.17, 15) is 4.79 Å². The number of nitrogens with zero attached hydrogens (tertiary/aromatic N) is 2. The van der Waals surface area contributed by atoms with E-state index in [0.717, 1.165) is 11.3 Å². The van der Waals surface area contributed by atoms with Crippen LogP contribution in [0, 0.1) is 0 Å². The molecule has 0 fully saturated rings. The minimum absolute atomic E-state index is 0.106. The highest BCUT2D eigenvalue weighted by molar-refractivity contribution is 6.30. The summed E-state index contributed by atoms with van der Waals surface area (Å²) in [4.78, 5) is 11.1. The number of rotatable bonds is 4. The molecule has 4 nitrogen and oxygen atoms in total. The molecule has 0 atom stereocenters. The van der Waals surface area contributed by atoms with Crippen LogP contribution < -0.4 is 0 Å². The molecule has 0 aliphatic rings. The summed E-state index contributed by atoms with van der Waals surface area (Å²) in [6.07, 6.45) is 1.62. The van der Waals surface area contributed by atoms with Crippen LogP contribution in [0.4, 0.5) is 0 Å². The average molecular weight is 347 g/mol. The van der Waals surface area contributed by atoms with Crippen molar-refractivity contribution in [2.45, 2.75) is 6.42 Å². The number of hydrogen-bond donors (Lipinski definition) is 1. The van der Waals surface area contributed by atoms with Crippen molar-refractivity contribution in [3.8, 4) is 16.9 Å². The Labute approximate surface area is 142 Å². The van der Waals surface area contributed by atoms with Crippen molar-refractivity contribution in [1.29, 1.82) is 0 Å². The van der Waals surface area contributed by atoms with Crippen LogP contribution in [0.2, 0.25) is 10.0 Å². The van der Waals surface area contributed by atoms with Gasteiger partial charge in [-0.15, -0.1) is 0 Å². The van der Waals surface area contributed by atoms with Crippen molar-refractivity contribution in [2.24, 2.45) is 0 Å². The molecule has 3 aromatic rings. The Hall–Kier alpha value is -2.30. The lowest BCUT2D eigenvalue weighted by molar-refractivity contribution is -0.136. The second-order valence-electron chi connectivity index (χ2n) is 5.00. The molecule has 0 bridgehead atoms. The zero-order chi connectivity index (χ0) is 16.4. The highest BCUT2D eigenvalue weighted by atomic mass is 35.5. The number of carboxylic acid groups (broad SMARTS) is 1. The standard InChI is InChI=1S/C17H12Cl2N2O2/c18-13-3-1-11(2-4-13)17-12(9-16(22)23)10-21(20-17)15-7-5-14(19)6-8-15/h1-8,10H,9H2,(H,22,23).